The summed E-state index contributed by atoms with van der Waals surface area (Å²) in [5.41, 5.74) is 0.789. The maximum absolute atomic E-state index is 14.1. The van der Waals surface area contributed by atoms with Crippen molar-refractivity contribution in [3.63, 3.8) is 0 Å². The van der Waals surface area contributed by atoms with Gasteiger partial charge in [-0.1, -0.05) is 29.5 Å². The first kappa shape index (κ1) is 21.1. The van der Waals surface area contributed by atoms with Crippen molar-refractivity contribution in [1.82, 2.24) is 14.8 Å². The fourth-order valence-corrected chi connectivity index (χ4v) is 4.52. The van der Waals surface area contributed by atoms with Crippen LogP contribution >= 0.6 is 11.3 Å². The Morgan fingerprint density at radius 2 is 1.71 bits per heavy atom. The molecule has 7 nitrogen and oxygen atoms in total. The third-order valence-corrected chi connectivity index (χ3v) is 6.09. The zero-order valence-electron chi connectivity index (χ0n) is 17.2. The summed E-state index contributed by atoms with van der Waals surface area (Å²) >= 11 is 1.21. The van der Waals surface area contributed by atoms with E-state index in [9.17, 15) is 18.8 Å². The summed E-state index contributed by atoms with van der Waals surface area (Å²) in [4.78, 5) is 47.3. The van der Waals surface area contributed by atoms with Gasteiger partial charge in [-0.2, -0.15) is 0 Å². The number of hydrogen-bond acceptors (Lipinski definition) is 6. The zero-order chi connectivity index (χ0) is 22.1. The molecule has 1 aromatic heterocycles. The van der Waals surface area contributed by atoms with Crippen LogP contribution in [0.25, 0.3) is 10.2 Å². The molecule has 3 aromatic rings. The second kappa shape index (κ2) is 8.52. The predicted molar refractivity (Wildman–Crippen MR) is 117 cm³/mol. The minimum atomic E-state index is -0.488. The van der Waals surface area contributed by atoms with Crippen LogP contribution in [0.1, 0.15) is 27.1 Å². The first-order valence-electron chi connectivity index (χ1n) is 9.82. The summed E-state index contributed by atoms with van der Waals surface area (Å²) in [5.74, 6) is -1.87. The second-order valence-electron chi connectivity index (χ2n) is 7.53. The van der Waals surface area contributed by atoms with Crippen molar-refractivity contribution in [2.24, 2.45) is 0 Å². The highest BCUT2D eigenvalue weighted by Crippen LogP contribution is 2.31. The van der Waals surface area contributed by atoms with Crippen molar-refractivity contribution in [3.8, 4) is 0 Å². The molecule has 1 aliphatic rings. The van der Waals surface area contributed by atoms with Crippen LogP contribution in [-0.4, -0.2) is 66.2 Å². The van der Waals surface area contributed by atoms with Gasteiger partial charge in [0.25, 0.3) is 11.8 Å². The third-order valence-electron chi connectivity index (χ3n) is 5.05. The zero-order valence-corrected chi connectivity index (χ0v) is 18.0. The van der Waals surface area contributed by atoms with Gasteiger partial charge < -0.3 is 4.90 Å². The first-order valence-corrected chi connectivity index (χ1v) is 10.6. The summed E-state index contributed by atoms with van der Waals surface area (Å²) in [7, 11) is 3.86. The molecule has 0 bridgehead atoms. The number of carbonyl (C=O) groups is 3. The van der Waals surface area contributed by atoms with Gasteiger partial charge in [-0.15, -0.1) is 0 Å². The lowest BCUT2D eigenvalue weighted by atomic mass is 10.1. The molecule has 4 rings (SSSR count). The summed E-state index contributed by atoms with van der Waals surface area (Å²) in [6.07, 6.45) is 0.652. The molecule has 160 valence electrons. The highest BCUT2D eigenvalue weighted by molar-refractivity contribution is 7.22. The van der Waals surface area contributed by atoms with Crippen molar-refractivity contribution in [2.75, 3.05) is 38.6 Å². The Morgan fingerprint density at radius 1 is 1.03 bits per heavy atom. The van der Waals surface area contributed by atoms with E-state index >= 15 is 0 Å². The van der Waals surface area contributed by atoms with Gasteiger partial charge >= 0.3 is 0 Å². The van der Waals surface area contributed by atoms with Crippen LogP contribution in [0.5, 0.6) is 0 Å². The molecule has 0 saturated carbocycles. The van der Waals surface area contributed by atoms with Gasteiger partial charge in [0.05, 0.1) is 15.8 Å². The van der Waals surface area contributed by atoms with Crippen LogP contribution in [0.15, 0.2) is 42.5 Å². The van der Waals surface area contributed by atoms with E-state index in [4.69, 9.17) is 0 Å². The van der Waals surface area contributed by atoms with Crippen molar-refractivity contribution in [2.45, 2.75) is 6.42 Å². The number of anilines is 1. The number of fused-ring (bicyclic) bond motifs is 2. The van der Waals surface area contributed by atoms with Gasteiger partial charge in [0.2, 0.25) is 5.91 Å². The van der Waals surface area contributed by atoms with E-state index in [2.05, 4.69) is 4.98 Å². The Morgan fingerprint density at radius 3 is 2.32 bits per heavy atom. The lowest BCUT2D eigenvalue weighted by Gasteiger charge is -2.23. The van der Waals surface area contributed by atoms with E-state index in [0.29, 0.717) is 33.9 Å². The minimum Gasteiger partial charge on any atom is -0.309 e. The fraction of sp³-hybridized carbons (Fsp3) is 0.273. The number of benzene rings is 2. The Bertz CT molecular complexity index is 1140. The standard InChI is InChI=1S/C22H21FN4O3S/c1-25(2)11-6-12-26(22-24-19-16(23)9-5-10-17(19)31-22)18(28)13-27-20(29)14-7-3-4-8-15(14)21(27)30/h3-5,7-10H,6,11-13H2,1-2H3. The van der Waals surface area contributed by atoms with E-state index in [-0.39, 0.29) is 5.52 Å². The summed E-state index contributed by atoms with van der Waals surface area (Å²) in [5, 5.41) is 0.348. The molecule has 3 amide bonds. The molecule has 0 atom stereocenters. The molecule has 0 saturated heterocycles. The SMILES string of the molecule is CN(C)CCCN(C(=O)CN1C(=O)c2ccccc2C1=O)c1nc2c(F)cccc2s1. The fourth-order valence-electron chi connectivity index (χ4n) is 3.49. The van der Waals surface area contributed by atoms with Gasteiger partial charge in [0.1, 0.15) is 17.9 Å². The molecule has 1 aliphatic heterocycles. The number of imide groups is 1. The molecule has 0 fully saturated rings. The molecular formula is C22H21FN4O3S. The first-order chi connectivity index (χ1) is 14.9. The lowest BCUT2D eigenvalue weighted by Crippen LogP contribution is -2.43. The number of aromatic nitrogens is 1. The van der Waals surface area contributed by atoms with Gasteiger partial charge in [-0.05, 0) is 51.3 Å². The maximum atomic E-state index is 14.1. The minimum absolute atomic E-state index is 0.202. The van der Waals surface area contributed by atoms with E-state index in [1.54, 1.807) is 36.4 Å². The van der Waals surface area contributed by atoms with Crippen LogP contribution in [0.4, 0.5) is 9.52 Å². The summed E-state index contributed by atoms with van der Waals surface area (Å²) in [6.45, 7) is 0.671. The highest BCUT2D eigenvalue weighted by atomic mass is 32.1. The maximum Gasteiger partial charge on any atom is 0.262 e. The van der Waals surface area contributed by atoms with E-state index in [1.807, 2.05) is 19.0 Å². The number of nitrogens with zero attached hydrogens (tertiary/aromatic N) is 4. The normalized spacial score (nSPS) is 13.4. The quantitative estimate of drug-likeness (QED) is 0.528. The van der Waals surface area contributed by atoms with Crippen LogP contribution in [0, 0.1) is 5.82 Å². The highest BCUT2D eigenvalue weighted by Gasteiger charge is 2.37. The molecular weight excluding hydrogens is 419 g/mol. The van der Waals surface area contributed by atoms with Crippen molar-refractivity contribution < 1.29 is 18.8 Å². The molecule has 0 N–H and O–H groups in total. The average Bonchev–Trinajstić information content (AvgIpc) is 3.27. The van der Waals surface area contributed by atoms with Crippen LogP contribution in [0.3, 0.4) is 0 Å². The molecule has 0 radical (unpaired) electrons. The summed E-state index contributed by atoms with van der Waals surface area (Å²) < 4.78 is 14.8. The molecule has 2 heterocycles. The Balaban J connectivity index is 1.60. The van der Waals surface area contributed by atoms with Gasteiger partial charge in [0, 0.05) is 6.54 Å². The van der Waals surface area contributed by atoms with Gasteiger partial charge in [-0.3, -0.25) is 24.2 Å². The molecule has 0 unspecified atom stereocenters. The summed E-state index contributed by atoms with van der Waals surface area (Å²) in [6, 6.07) is 11.2. The van der Waals surface area contributed by atoms with Crippen LogP contribution in [-0.2, 0) is 4.79 Å². The van der Waals surface area contributed by atoms with Crippen molar-refractivity contribution >= 4 is 44.4 Å². The van der Waals surface area contributed by atoms with Crippen molar-refractivity contribution in [1.29, 1.82) is 0 Å². The largest absolute Gasteiger partial charge is 0.309 e. The number of para-hydroxylation sites is 1. The monoisotopic (exact) mass is 440 g/mol. The Kier molecular flexibility index (Phi) is 5.79. The van der Waals surface area contributed by atoms with E-state index in [0.717, 1.165) is 11.4 Å². The molecule has 31 heavy (non-hydrogen) atoms. The number of hydrogen-bond donors (Lipinski definition) is 0. The number of thiazole rings is 1. The predicted octanol–water partition coefficient (Wildman–Crippen LogP) is 3.02. The lowest BCUT2D eigenvalue weighted by molar-refractivity contribution is -0.119. The van der Waals surface area contributed by atoms with Gasteiger partial charge in [0.15, 0.2) is 5.13 Å². The smallest absolute Gasteiger partial charge is 0.262 e. The number of rotatable bonds is 7. The third kappa shape index (κ3) is 4.06. The topological polar surface area (TPSA) is 73.8 Å². The molecule has 0 spiro atoms. The molecule has 0 aliphatic carbocycles. The van der Waals surface area contributed by atoms with Crippen molar-refractivity contribution in [3.05, 3.63) is 59.4 Å². The number of halogens is 1. The number of carbonyl (C=O) groups excluding carboxylic acids is 3. The molecule has 2 aromatic carbocycles. The average molecular weight is 441 g/mol. The van der Waals surface area contributed by atoms with Gasteiger partial charge in [-0.25, -0.2) is 9.37 Å². The Hall–Kier alpha value is -3.17. The Labute approximate surface area is 182 Å². The van der Waals surface area contributed by atoms with Crippen LogP contribution < -0.4 is 4.90 Å². The van der Waals surface area contributed by atoms with Crippen LogP contribution in [0.2, 0.25) is 0 Å². The molecule has 9 heteroatoms. The number of amides is 3. The van der Waals surface area contributed by atoms with E-state index in [1.165, 1.54) is 22.3 Å². The van der Waals surface area contributed by atoms with E-state index < -0.39 is 30.1 Å². The second-order valence-corrected chi connectivity index (χ2v) is 8.54.